The van der Waals surface area contributed by atoms with Crippen molar-refractivity contribution < 1.29 is 31.9 Å². The Labute approximate surface area is 171 Å². The Kier molecular flexibility index (Phi) is 4.87. The van der Waals surface area contributed by atoms with Crippen molar-refractivity contribution in [3.05, 3.63) is 88.7 Å². The Morgan fingerprint density at radius 2 is 1.70 bits per heavy atom. The van der Waals surface area contributed by atoms with E-state index < -0.39 is 27.4 Å². The number of ether oxygens (including phenoxy) is 2. The summed E-state index contributed by atoms with van der Waals surface area (Å²) in [7, 11) is -2.62. The highest BCUT2D eigenvalue weighted by Gasteiger charge is 2.35. The second kappa shape index (κ2) is 7.38. The molecule has 0 saturated carbocycles. The lowest BCUT2D eigenvalue weighted by Gasteiger charge is -2.19. The van der Waals surface area contributed by atoms with Crippen molar-refractivity contribution in [1.82, 2.24) is 0 Å². The van der Waals surface area contributed by atoms with Gasteiger partial charge in [-0.2, -0.15) is 0 Å². The molecule has 0 N–H and O–H groups in total. The first-order valence-electron chi connectivity index (χ1n) is 8.85. The van der Waals surface area contributed by atoms with E-state index in [0.717, 1.165) is 6.07 Å². The van der Waals surface area contributed by atoms with Crippen molar-refractivity contribution in [3.63, 3.8) is 0 Å². The molecular formula is C22H15FO6S. The van der Waals surface area contributed by atoms with E-state index in [9.17, 15) is 22.4 Å². The summed E-state index contributed by atoms with van der Waals surface area (Å²) in [5.74, 6) is -1.75. The summed E-state index contributed by atoms with van der Waals surface area (Å²) in [4.78, 5) is 24.7. The molecule has 1 aliphatic rings. The van der Waals surface area contributed by atoms with Crippen LogP contribution in [0.3, 0.4) is 0 Å². The van der Waals surface area contributed by atoms with Crippen LogP contribution in [0, 0.1) is 5.82 Å². The summed E-state index contributed by atoms with van der Waals surface area (Å²) >= 11 is 0. The number of ketones is 1. The summed E-state index contributed by atoms with van der Waals surface area (Å²) < 4.78 is 49.6. The Morgan fingerprint density at radius 1 is 0.967 bits per heavy atom. The smallest absolute Gasteiger partial charge is 0.338 e. The van der Waals surface area contributed by atoms with Crippen LogP contribution in [0.5, 0.6) is 5.75 Å². The SMILES string of the molecule is COc1ccc(COC(=O)c2ccc3c(c2)S(=O)(=O)c2ccccc2C3=O)cc1F. The molecule has 0 unspecified atom stereocenters. The predicted molar refractivity (Wildman–Crippen MR) is 104 cm³/mol. The van der Waals surface area contributed by atoms with Crippen LogP contribution in [0.15, 0.2) is 70.5 Å². The van der Waals surface area contributed by atoms with Crippen molar-refractivity contribution in [1.29, 1.82) is 0 Å². The molecule has 0 bridgehead atoms. The Balaban J connectivity index is 1.61. The molecule has 0 spiro atoms. The van der Waals surface area contributed by atoms with Gasteiger partial charge in [-0.1, -0.05) is 18.2 Å². The molecular weight excluding hydrogens is 411 g/mol. The van der Waals surface area contributed by atoms with E-state index >= 15 is 0 Å². The number of carbonyl (C=O) groups excluding carboxylic acids is 2. The van der Waals surface area contributed by atoms with Gasteiger partial charge in [0.2, 0.25) is 9.84 Å². The minimum absolute atomic E-state index is 0.00229. The second-order valence-electron chi connectivity index (χ2n) is 6.58. The number of fused-ring (bicyclic) bond motifs is 2. The predicted octanol–water partition coefficient (Wildman–Crippen LogP) is 3.57. The molecule has 0 saturated heterocycles. The van der Waals surface area contributed by atoms with Gasteiger partial charge in [0.15, 0.2) is 17.3 Å². The van der Waals surface area contributed by atoms with Crippen LogP contribution in [-0.4, -0.2) is 27.3 Å². The number of benzene rings is 3. The molecule has 6 nitrogen and oxygen atoms in total. The van der Waals surface area contributed by atoms with Crippen molar-refractivity contribution in [3.8, 4) is 5.75 Å². The summed E-state index contributed by atoms with van der Waals surface area (Å²) in [6.07, 6.45) is 0. The van der Waals surface area contributed by atoms with E-state index in [1.54, 1.807) is 12.1 Å². The lowest BCUT2D eigenvalue weighted by molar-refractivity contribution is 0.0471. The number of carbonyl (C=O) groups is 2. The van der Waals surface area contributed by atoms with E-state index in [2.05, 4.69) is 0 Å². The molecule has 30 heavy (non-hydrogen) atoms. The highest BCUT2D eigenvalue weighted by molar-refractivity contribution is 7.91. The summed E-state index contributed by atoms with van der Waals surface area (Å²) in [5, 5.41) is 0. The fourth-order valence-electron chi connectivity index (χ4n) is 3.24. The number of sulfone groups is 1. The van der Waals surface area contributed by atoms with Gasteiger partial charge in [-0.05, 0) is 48.0 Å². The molecule has 0 amide bonds. The molecule has 152 valence electrons. The van der Waals surface area contributed by atoms with Crippen molar-refractivity contribution in [2.45, 2.75) is 16.4 Å². The van der Waals surface area contributed by atoms with Gasteiger partial charge in [0, 0.05) is 11.1 Å². The van der Waals surface area contributed by atoms with Gasteiger partial charge < -0.3 is 9.47 Å². The van der Waals surface area contributed by atoms with Gasteiger partial charge >= 0.3 is 5.97 Å². The standard InChI is InChI=1S/C22H15FO6S/c1-28-18-9-6-13(10-17(18)23)12-29-22(25)14-7-8-16-20(11-14)30(26,27)19-5-3-2-4-15(19)21(16)24/h2-11H,12H2,1H3. The third kappa shape index (κ3) is 3.25. The van der Waals surface area contributed by atoms with Gasteiger partial charge in [0.25, 0.3) is 0 Å². The summed E-state index contributed by atoms with van der Waals surface area (Å²) in [6, 6.07) is 13.8. The van der Waals surface area contributed by atoms with E-state index in [1.165, 1.54) is 49.6 Å². The monoisotopic (exact) mass is 426 g/mol. The molecule has 0 aliphatic carbocycles. The van der Waals surface area contributed by atoms with Crippen LogP contribution in [0.4, 0.5) is 4.39 Å². The number of rotatable bonds is 4. The van der Waals surface area contributed by atoms with Crippen LogP contribution < -0.4 is 4.74 Å². The van der Waals surface area contributed by atoms with E-state index in [1.807, 2.05) is 0 Å². The average molecular weight is 426 g/mol. The molecule has 1 aliphatic heterocycles. The van der Waals surface area contributed by atoms with Gasteiger partial charge in [-0.3, -0.25) is 4.79 Å². The summed E-state index contributed by atoms with van der Waals surface area (Å²) in [6.45, 7) is -0.217. The number of hydrogen-bond donors (Lipinski definition) is 0. The minimum atomic E-state index is -3.96. The third-order valence-electron chi connectivity index (χ3n) is 4.76. The normalized spacial score (nSPS) is 13.9. The van der Waals surface area contributed by atoms with E-state index in [-0.39, 0.29) is 38.8 Å². The zero-order valence-corrected chi connectivity index (χ0v) is 16.5. The Hall–Kier alpha value is -3.52. The minimum Gasteiger partial charge on any atom is -0.494 e. The average Bonchev–Trinajstić information content (AvgIpc) is 2.76. The first-order chi connectivity index (χ1) is 14.3. The zero-order chi connectivity index (χ0) is 21.5. The molecule has 3 aromatic rings. The Morgan fingerprint density at radius 3 is 2.43 bits per heavy atom. The molecule has 8 heteroatoms. The lowest BCUT2D eigenvalue weighted by atomic mass is 10.0. The van der Waals surface area contributed by atoms with Crippen LogP contribution in [0.25, 0.3) is 0 Å². The molecule has 4 rings (SSSR count). The first-order valence-corrected chi connectivity index (χ1v) is 10.3. The molecule has 0 atom stereocenters. The van der Waals surface area contributed by atoms with Crippen molar-refractivity contribution in [2.75, 3.05) is 7.11 Å². The fourth-order valence-corrected chi connectivity index (χ4v) is 4.92. The van der Waals surface area contributed by atoms with E-state index in [4.69, 9.17) is 9.47 Å². The van der Waals surface area contributed by atoms with Gasteiger partial charge in [-0.15, -0.1) is 0 Å². The second-order valence-corrected chi connectivity index (χ2v) is 8.47. The summed E-state index contributed by atoms with van der Waals surface area (Å²) in [5.41, 5.74) is 0.471. The highest BCUT2D eigenvalue weighted by atomic mass is 32.2. The zero-order valence-electron chi connectivity index (χ0n) is 15.7. The quantitative estimate of drug-likeness (QED) is 0.464. The molecule has 0 radical (unpaired) electrons. The largest absolute Gasteiger partial charge is 0.494 e. The first kappa shape index (κ1) is 19.8. The number of methoxy groups -OCH3 is 1. The van der Waals surface area contributed by atoms with Gasteiger partial charge in [0.1, 0.15) is 6.61 Å². The van der Waals surface area contributed by atoms with Crippen LogP contribution in [0.2, 0.25) is 0 Å². The molecule has 0 fully saturated rings. The van der Waals surface area contributed by atoms with Crippen molar-refractivity contribution in [2.24, 2.45) is 0 Å². The Bertz CT molecular complexity index is 1300. The third-order valence-corrected chi connectivity index (χ3v) is 6.61. The highest BCUT2D eigenvalue weighted by Crippen LogP contribution is 2.34. The molecule has 1 heterocycles. The van der Waals surface area contributed by atoms with Crippen LogP contribution in [0.1, 0.15) is 31.8 Å². The number of hydrogen-bond acceptors (Lipinski definition) is 6. The maximum atomic E-state index is 13.8. The van der Waals surface area contributed by atoms with Crippen molar-refractivity contribution >= 4 is 21.6 Å². The molecule has 3 aromatic carbocycles. The number of halogens is 1. The maximum Gasteiger partial charge on any atom is 0.338 e. The molecule has 0 aromatic heterocycles. The van der Waals surface area contributed by atoms with Gasteiger partial charge in [0.05, 0.1) is 22.5 Å². The lowest BCUT2D eigenvalue weighted by Crippen LogP contribution is -2.21. The number of esters is 1. The van der Waals surface area contributed by atoms with Crippen LogP contribution >= 0.6 is 0 Å². The fraction of sp³-hybridized carbons (Fsp3) is 0.0909. The van der Waals surface area contributed by atoms with E-state index in [0.29, 0.717) is 5.56 Å². The maximum absolute atomic E-state index is 13.8. The topological polar surface area (TPSA) is 86.7 Å². The van der Waals surface area contributed by atoms with Gasteiger partial charge in [-0.25, -0.2) is 17.6 Å². The van der Waals surface area contributed by atoms with Crippen LogP contribution in [-0.2, 0) is 21.2 Å².